The van der Waals surface area contributed by atoms with E-state index in [1.807, 2.05) is 22.7 Å². The molecule has 0 radical (unpaired) electrons. The molecular weight excluding hydrogens is 788 g/mol. The monoisotopic (exact) mass is 846 g/mol. The van der Waals surface area contributed by atoms with E-state index in [9.17, 15) is 0 Å². The predicted molar refractivity (Wildman–Crippen MR) is 276 cm³/mol. The number of anilines is 6. The molecule has 5 heteroatoms. The van der Waals surface area contributed by atoms with Gasteiger partial charge in [-0.25, -0.2) is 0 Å². The van der Waals surface area contributed by atoms with Gasteiger partial charge < -0.3 is 9.80 Å². The Bertz CT molecular complexity index is 3060. The summed E-state index contributed by atoms with van der Waals surface area (Å²) in [5.74, 6) is 0.330. The Kier molecular flexibility index (Phi) is 9.38. The van der Waals surface area contributed by atoms with Crippen molar-refractivity contribution >= 4 is 99.4 Å². The molecule has 8 aromatic rings. The molecule has 0 saturated heterocycles. The van der Waals surface area contributed by atoms with Gasteiger partial charge in [0, 0.05) is 53.3 Å². The van der Waals surface area contributed by atoms with Crippen LogP contribution in [0.5, 0.6) is 0 Å². The lowest BCUT2D eigenvalue weighted by atomic mass is 9.36. The molecule has 0 atom stereocenters. The maximum absolute atomic E-state index is 2.71. The van der Waals surface area contributed by atoms with Crippen LogP contribution in [0.2, 0.25) is 0 Å². The molecule has 2 aromatic heterocycles. The summed E-state index contributed by atoms with van der Waals surface area (Å²) in [4.78, 5) is 5.30. The molecule has 0 aliphatic carbocycles. The SMILES string of the molecule is Cc1cc(-c2csc3ccccc23)cc(C)c1N1c2cc(C(C)C)cc3c2B(c2cc(C(C)(C)C)ccc2N3c2ccc(C(C)(C)C)cc2)c2sc3ccc(C(C)(C)C)cc3c21. The first-order valence-corrected chi connectivity index (χ1v) is 24.2. The summed E-state index contributed by atoms with van der Waals surface area (Å²) in [5, 5.41) is 5.02. The third-order valence-electron chi connectivity index (χ3n) is 13.6. The van der Waals surface area contributed by atoms with Crippen LogP contribution in [0, 0.1) is 13.8 Å². The van der Waals surface area contributed by atoms with Crippen molar-refractivity contribution < 1.29 is 0 Å². The van der Waals surface area contributed by atoms with Crippen LogP contribution >= 0.6 is 22.7 Å². The Balaban J connectivity index is 1.32. The summed E-state index contributed by atoms with van der Waals surface area (Å²) in [6.45, 7) is 30.5. The van der Waals surface area contributed by atoms with Crippen molar-refractivity contribution in [3.63, 3.8) is 0 Å². The van der Waals surface area contributed by atoms with Crippen molar-refractivity contribution in [1.82, 2.24) is 0 Å². The van der Waals surface area contributed by atoms with E-state index in [1.54, 1.807) is 0 Å². The zero-order valence-electron chi connectivity index (χ0n) is 38.8. The molecule has 6 aromatic carbocycles. The molecule has 0 N–H and O–H groups in total. The zero-order valence-corrected chi connectivity index (χ0v) is 40.5. The van der Waals surface area contributed by atoms with Crippen molar-refractivity contribution in [3.05, 3.63) is 148 Å². The summed E-state index contributed by atoms with van der Waals surface area (Å²) in [6.07, 6.45) is 0. The molecule has 0 spiro atoms. The number of rotatable bonds is 4. The van der Waals surface area contributed by atoms with E-state index in [-0.39, 0.29) is 23.0 Å². The van der Waals surface area contributed by atoms with Crippen LogP contribution in [0.1, 0.15) is 115 Å². The normalized spacial score (nSPS) is 13.9. The van der Waals surface area contributed by atoms with Crippen LogP contribution in [-0.2, 0) is 16.2 Å². The number of thiophene rings is 2. The molecule has 0 fully saturated rings. The highest BCUT2D eigenvalue weighted by Crippen LogP contribution is 2.51. The van der Waals surface area contributed by atoms with Gasteiger partial charge >= 0.3 is 0 Å². The maximum Gasteiger partial charge on any atom is 0.264 e. The molecule has 0 bridgehead atoms. The second-order valence-corrected chi connectivity index (χ2v) is 23.4. The van der Waals surface area contributed by atoms with Gasteiger partial charge in [-0.05, 0) is 152 Å². The highest BCUT2D eigenvalue weighted by molar-refractivity contribution is 7.33. The number of benzene rings is 6. The average Bonchev–Trinajstić information content (AvgIpc) is 3.82. The van der Waals surface area contributed by atoms with Gasteiger partial charge in [-0.1, -0.05) is 125 Å². The zero-order chi connectivity index (χ0) is 43.8. The highest BCUT2D eigenvalue weighted by atomic mass is 32.1. The van der Waals surface area contributed by atoms with Crippen LogP contribution in [0.25, 0.3) is 31.3 Å². The molecular formula is C57H59BN2S2. The first kappa shape index (κ1) is 40.9. The second kappa shape index (κ2) is 14.2. The number of aryl methyl sites for hydroxylation is 2. The van der Waals surface area contributed by atoms with Crippen LogP contribution in [0.4, 0.5) is 34.1 Å². The minimum absolute atomic E-state index is 0.00607. The number of hydrogen-bond donors (Lipinski definition) is 0. The third-order valence-corrected chi connectivity index (χ3v) is 15.8. The van der Waals surface area contributed by atoms with E-state index in [1.165, 1.54) is 115 Å². The van der Waals surface area contributed by atoms with E-state index in [4.69, 9.17) is 0 Å². The van der Waals surface area contributed by atoms with E-state index in [0.717, 1.165) is 0 Å². The van der Waals surface area contributed by atoms with Crippen LogP contribution < -0.4 is 25.5 Å². The largest absolute Gasteiger partial charge is 0.311 e. The first-order chi connectivity index (χ1) is 29.3. The quantitative estimate of drug-likeness (QED) is 0.163. The van der Waals surface area contributed by atoms with Gasteiger partial charge in [0.2, 0.25) is 0 Å². The molecule has 2 nitrogen and oxygen atoms in total. The fourth-order valence-corrected chi connectivity index (χ4v) is 12.3. The maximum atomic E-state index is 2.71. The number of fused-ring (bicyclic) bond motifs is 7. The smallest absolute Gasteiger partial charge is 0.264 e. The fourth-order valence-electron chi connectivity index (χ4n) is 10.1. The molecule has 0 amide bonds. The van der Waals surface area contributed by atoms with Gasteiger partial charge in [0.1, 0.15) is 0 Å². The van der Waals surface area contributed by atoms with Gasteiger partial charge in [0.25, 0.3) is 6.71 Å². The Morgan fingerprint density at radius 3 is 1.79 bits per heavy atom. The lowest BCUT2D eigenvalue weighted by Gasteiger charge is -2.44. The van der Waals surface area contributed by atoms with Crippen molar-refractivity contribution in [2.75, 3.05) is 9.80 Å². The van der Waals surface area contributed by atoms with E-state index >= 15 is 0 Å². The summed E-state index contributed by atoms with van der Waals surface area (Å²) in [5.41, 5.74) is 21.2. The molecule has 0 saturated carbocycles. The van der Waals surface area contributed by atoms with Gasteiger partial charge in [-0.2, -0.15) is 0 Å². The van der Waals surface area contributed by atoms with Crippen molar-refractivity contribution in [3.8, 4) is 11.1 Å². The molecule has 10 rings (SSSR count). The Hall–Kier alpha value is -5.10. The molecule has 4 heterocycles. The average molecular weight is 847 g/mol. The molecule has 2 aliphatic rings. The Morgan fingerprint density at radius 1 is 0.548 bits per heavy atom. The molecule has 312 valence electrons. The van der Waals surface area contributed by atoms with Gasteiger partial charge in [0.05, 0.1) is 11.4 Å². The predicted octanol–water partition coefficient (Wildman–Crippen LogP) is 15.5. The lowest BCUT2D eigenvalue weighted by molar-refractivity contribution is 0.590. The minimum atomic E-state index is -0.00607. The van der Waals surface area contributed by atoms with E-state index in [0.29, 0.717) is 5.92 Å². The van der Waals surface area contributed by atoms with Crippen molar-refractivity contribution in [1.29, 1.82) is 0 Å². The first-order valence-electron chi connectivity index (χ1n) is 22.5. The third kappa shape index (κ3) is 6.48. The molecule has 0 unspecified atom stereocenters. The summed E-state index contributed by atoms with van der Waals surface area (Å²) in [6, 6.07) is 42.9. The second-order valence-electron chi connectivity index (χ2n) is 21.4. The summed E-state index contributed by atoms with van der Waals surface area (Å²) in [7, 11) is 0. The van der Waals surface area contributed by atoms with E-state index < -0.39 is 0 Å². The van der Waals surface area contributed by atoms with E-state index in [2.05, 4.69) is 214 Å². The summed E-state index contributed by atoms with van der Waals surface area (Å²) >= 11 is 3.84. The fraction of sp³-hybridized carbons (Fsp3) is 0.298. The topological polar surface area (TPSA) is 6.48 Å². The minimum Gasteiger partial charge on any atom is -0.311 e. The van der Waals surface area contributed by atoms with Crippen LogP contribution in [0.3, 0.4) is 0 Å². The van der Waals surface area contributed by atoms with Crippen molar-refractivity contribution in [2.24, 2.45) is 0 Å². The van der Waals surface area contributed by atoms with Gasteiger partial charge in [-0.15, -0.1) is 22.7 Å². The Morgan fingerprint density at radius 2 is 1.15 bits per heavy atom. The Labute approximate surface area is 378 Å². The molecule has 62 heavy (non-hydrogen) atoms. The molecule has 2 aliphatic heterocycles. The number of hydrogen-bond acceptors (Lipinski definition) is 4. The van der Waals surface area contributed by atoms with Crippen molar-refractivity contribution in [2.45, 2.75) is 112 Å². The lowest BCUT2D eigenvalue weighted by Crippen LogP contribution is -2.60. The van der Waals surface area contributed by atoms with Gasteiger partial charge in [-0.3, -0.25) is 0 Å². The van der Waals surface area contributed by atoms with Gasteiger partial charge in [0.15, 0.2) is 0 Å². The summed E-state index contributed by atoms with van der Waals surface area (Å²) < 4.78 is 4.10. The van der Waals surface area contributed by atoms with Crippen LogP contribution in [-0.4, -0.2) is 6.71 Å². The standard InChI is InChI=1S/C57H59BN2S2/c1-33(2)36-28-47-51-48(29-36)60(52-34(3)26-37(27-35(52)4)44-32-61-49-17-15-14-16-42(44)49)53-43-30-39(56(8,9)10)21-25-50(43)62-54(53)58(51)45-31-40(57(11,12)13)20-24-46(45)59(47)41-22-18-38(19-23-41)55(5,6)7/h14-33H,1-13H3. The number of nitrogens with zero attached hydrogens (tertiary/aromatic N) is 2. The van der Waals surface area contributed by atoms with Crippen LogP contribution in [0.15, 0.2) is 115 Å². The highest BCUT2D eigenvalue weighted by Gasteiger charge is 2.46.